The maximum absolute atomic E-state index is 11.2. The number of furan rings is 1. The molecule has 0 fully saturated rings. The van der Waals surface area contributed by atoms with E-state index < -0.39 is 5.97 Å². The first-order chi connectivity index (χ1) is 9.11. The SMILES string of the molecule is COc1ccc(C(=O)O)c(N(C)Cc2ccco2)c1. The standard InChI is InChI=1S/C14H15NO4/c1-15(9-11-4-3-7-19-11)13-8-10(18-2)5-6-12(13)14(16)17/h3-8H,9H2,1-2H3,(H,16,17). The minimum absolute atomic E-state index is 0.231. The lowest BCUT2D eigenvalue weighted by Crippen LogP contribution is -2.19. The molecule has 0 unspecified atom stereocenters. The lowest BCUT2D eigenvalue weighted by Gasteiger charge is -2.20. The van der Waals surface area contributed by atoms with Gasteiger partial charge in [0, 0.05) is 13.1 Å². The van der Waals surface area contributed by atoms with Crippen LogP contribution in [0.2, 0.25) is 0 Å². The zero-order valence-corrected chi connectivity index (χ0v) is 10.8. The number of carbonyl (C=O) groups is 1. The van der Waals surface area contributed by atoms with E-state index in [0.717, 1.165) is 5.76 Å². The zero-order valence-electron chi connectivity index (χ0n) is 10.8. The third-order valence-corrected chi connectivity index (χ3v) is 2.82. The number of hydrogen-bond donors (Lipinski definition) is 1. The normalized spacial score (nSPS) is 10.2. The van der Waals surface area contributed by atoms with E-state index in [-0.39, 0.29) is 5.56 Å². The largest absolute Gasteiger partial charge is 0.497 e. The molecule has 100 valence electrons. The Kier molecular flexibility index (Phi) is 3.75. The van der Waals surface area contributed by atoms with Crippen molar-refractivity contribution < 1.29 is 19.1 Å². The summed E-state index contributed by atoms with van der Waals surface area (Å²) < 4.78 is 10.4. The molecule has 0 spiro atoms. The third kappa shape index (κ3) is 2.88. The zero-order chi connectivity index (χ0) is 13.8. The van der Waals surface area contributed by atoms with Crippen LogP contribution in [0.25, 0.3) is 0 Å². The summed E-state index contributed by atoms with van der Waals surface area (Å²) in [7, 11) is 3.36. The second-order valence-electron chi connectivity index (χ2n) is 4.12. The Morgan fingerprint density at radius 2 is 2.21 bits per heavy atom. The first-order valence-corrected chi connectivity index (χ1v) is 5.76. The third-order valence-electron chi connectivity index (χ3n) is 2.82. The molecule has 5 heteroatoms. The average Bonchev–Trinajstić information content (AvgIpc) is 2.90. The summed E-state index contributed by atoms with van der Waals surface area (Å²) in [6, 6.07) is 8.51. The average molecular weight is 261 g/mol. The molecule has 0 radical (unpaired) electrons. The first kappa shape index (κ1) is 13.0. The number of carboxylic acids is 1. The highest BCUT2D eigenvalue weighted by molar-refractivity contribution is 5.94. The van der Waals surface area contributed by atoms with Gasteiger partial charge in [0.05, 0.1) is 31.2 Å². The lowest BCUT2D eigenvalue weighted by atomic mass is 10.1. The van der Waals surface area contributed by atoms with Crippen molar-refractivity contribution in [3.8, 4) is 5.75 Å². The molecular weight excluding hydrogens is 246 g/mol. The molecule has 19 heavy (non-hydrogen) atoms. The van der Waals surface area contributed by atoms with Crippen LogP contribution in [0.15, 0.2) is 41.0 Å². The predicted molar refractivity (Wildman–Crippen MR) is 70.8 cm³/mol. The van der Waals surface area contributed by atoms with E-state index in [1.165, 1.54) is 6.07 Å². The van der Waals surface area contributed by atoms with E-state index in [0.29, 0.717) is 18.0 Å². The highest BCUT2D eigenvalue weighted by atomic mass is 16.5. The molecule has 0 aliphatic heterocycles. The van der Waals surface area contributed by atoms with Gasteiger partial charge in [0.1, 0.15) is 11.5 Å². The van der Waals surface area contributed by atoms with Gasteiger partial charge in [-0.05, 0) is 24.3 Å². The predicted octanol–water partition coefficient (Wildman–Crippen LogP) is 2.62. The number of nitrogens with zero attached hydrogens (tertiary/aromatic N) is 1. The van der Waals surface area contributed by atoms with Gasteiger partial charge in [0.25, 0.3) is 0 Å². The van der Waals surface area contributed by atoms with E-state index in [4.69, 9.17) is 9.15 Å². The monoisotopic (exact) mass is 261 g/mol. The smallest absolute Gasteiger partial charge is 0.337 e. The Labute approximate surface area is 111 Å². The molecule has 0 aliphatic carbocycles. The molecule has 5 nitrogen and oxygen atoms in total. The Morgan fingerprint density at radius 3 is 2.79 bits per heavy atom. The Morgan fingerprint density at radius 1 is 1.42 bits per heavy atom. The molecule has 1 aromatic heterocycles. The van der Waals surface area contributed by atoms with Crippen molar-refractivity contribution in [3.63, 3.8) is 0 Å². The van der Waals surface area contributed by atoms with Crippen LogP contribution in [0, 0.1) is 0 Å². The minimum Gasteiger partial charge on any atom is -0.497 e. The fraction of sp³-hybridized carbons (Fsp3) is 0.214. The van der Waals surface area contributed by atoms with Gasteiger partial charge in [0.2, 0.25) is 0 Å². The molecule has 1 N–H and O–H groups in total. The van der Waals surface area contributed by atoms with E-state index in [9.17, 15) is 9.90 Å². The summed E-state index contributed by atoms with van der Waals surface area (Å²) in [6.45, 7) is 0.487. The Hall–Kier alpha value is -2.43. The van der Waals surface area contributed by atoms with Crippen LogP contribution in [0.5, 0.6) is 5.75 Å². The van der Waals surface area contributed by atoms with Crippen LogP contribution in [0.1, 0.15) is 16.1 Å². The number of ether oxygens (including phenoxy) is 1. The molecule has 1 aromatic carbocycles. The quantitative estimate of drug-likeness (QED) is 0.896. The van der Waals surface area contributed by atoms with Crippen molar-refractivity contribution in [3.05, 3.63) is 47.9 Å². The summed E-state index contributed by atoms with van der Waals surface area (Å²) in [4.78, 5) is 13.0. The van der Waals surface area contributed by atoms with E-state index in [1.807, 2.05) is 18.0 Å². The first-order valence-electron chi connectivity index (χ1n) is 5.76. The lowest BCUT2D eigenvalue weighted by molar-refractivity contribution is 0.0697. The highest BCUT2D eigenvalue weighted by Gasteiger charge is 2.15. The van der Waals surface area contributed by atoms with Gasteiger partial charge in [-0.1, -0.05) is 0 Å². The number of anilines is 1. The fourth-order valence-electron chi connectivity index (χ4n) is 1.86. The topological polar surface area (TPSA) is 62.9 Å². The van der Waals surface area contributed by atoms with E-state index >= 15 is 0 Å². The van der Waals surface area contributed by atoms with Gasteiger partial charge in [-0.25, -0.2) is 4.79 Å². The summed E-state index contributed by atoms with van der Waals surface area (Å²) >= 11 is 0. The summed E-state index contributed by atoms with van der Waals surface area (Å²) in [6.07, 6.45) is 1.59. The summed E-state index contributed by atoms with van der Waals surface area (Å²) in [5.74, 6) is 0.414. The van der Waals surface area contributed by atoms with Gasteiger partial charge < -0.3 is 19.2 Å². The number of benzene rings is 1. The minimum atomic E-state index is -0.969. The molecule has 0 saturated carbocycles. The molecule has 2 aromatic rings. The van der Waals surface area contributed by atoms with Crippen LogP contribution in [-0.2, 0) is 6.54 Å². The number of rotatable bonds is 5. The Balaban J connectivity index is 2.32. The van der Waals surface area contributed by atoms with Crippen molar-refractivity contribution in [1.29, 1.82) is 0 Å². The second kappa shape index (κ2) is 5.48. The fourth-order valence-corrected chi connectivity index (χ4v) is 1.86. The van der Waals surface area contributed by atoms with E-state index in [2.05, 4.69) is 0 Å². The molecular formula is C14H15NO4. The van der Waals surface area contributed by atoms with Crippen molar-refractivity contribution in [1.82, 2.24) is 0 Å². The summed E-state index contributed by atoms with van der Waals surface area (Å²) in [5.41, 5.74) is 0.818. The number of hydrogen-bond acceptors (Lipinski definition) is 4. The molecule has 0 saturated heterocycles. The van der Waals surface area contributed by atoms with Crippen LogP contribution >= 0.6 is 0 Å². The van der Waals surface area contributed by atoms with E-state index in [1.54, 1.807) is 31.6 Å². The maximum atomic E-state index is 11.2. The second-order valence-corrected chi connectivity index (χ2v) is 4.12. The molecule has 0 bridgehead atoms. The van der Waals surface area contributed by atoms with Gasteiger partial charge in [-0.3, -0.25) is 0 Å². The molecule has 0 amide bonds. The number of carboxylic acid groups (broad SMARTS) is 1. The van der Waals surface area contributed by atoms with Gasteiger partial charge in [0.15, 0.2) is 0 Å². The van der Waals surface area contributed by atoms with Crippen LogP contribution in [0.3, 0.4) is 0 Å². The molecule has 0 aliphatic rings. The van der Waals surface area contributed by atoms with Gasteiger partial charge in [-0.15, -0.1) is 0 Å². The van der Waals surface area contributed by atoms with Crippen molar-refractivity contribution >= 4 is 11.7 Å². The molecule has 1 heterocycles. The highest BCUT2D eigenvalue weighted by Crippen LogP contribution is 2.26. The Bertz CT molecular complexity index is 563. The molecule has 2 rings (SSSR count). The van der Waals surface area contributed by atoms with Crippen molar-refractivity contribution in [2.24, 2.45) is 0 Å². The van der Waals surface area contributed by atoms with Crippen molar-refractivity contribution in [2.75, 3.05) is 19.1 Å². The van der Waals surface area contributed by atoms with Crippen LogP contribution in [0.4, 0.5) is 5.69 Å². The number of aromatic carboxylic acids is 1. The summed E-state index contributed by atoms with van der Waals surface area (Å²) in [5, 5.41) is 9.21. The molecule has 0 atom stereocenters. The van der Waals surface area contributed by atoms with Gasteiger partial charge >= 0.3 is 5.97 Å². The van der Waals surface area contributed by atoms with Crippen molar-refractivity contribution in [2.45, 2.75) is 6.54 Å². The van der Waals surface area contributed by atoms with Crippen LogP contribution < -0.4 is 9.64 Å². The van der Waals surface area contributed by atoms with Crippen LogP contribution in [-0.4, -0.2) is 25.2 Å². The number of methoxy groups -OCH3 is 1. The van der Waals surface area contributed by atoms with Gasteiger partial charge in [-0.2, -0.15) is 0 Å². The maximum Gasteiger partial charge on any atom is 0.337 e.